The minimum Gasteiger partial charge on any atom is -0.480 e. The van der Waals surface area contributed by atoms with Crippen LogP contribution in [0, 0.1) is 21.0 Å². The molecule has 0 saturated carbocycles. The number of aliphatic carboxylic acids is 1. The molecule has 2 aromatic carbocycles. The fourth-order valence-corrected chi connectivity index (χ4v) is 5.45. The van der Waals surface area contributed by atoms with Gasteiger partial charge in [-0.3, -0.25) is 4.79 Å². The highest BCUT2D eigenvalue weighted by Crippen LogP contribution is 2.33. The van der Waals surface area contributed by atoms with E-state index in [9.17, 15) is 9.59 Å². The molecule has 1 aliphatic rings. The van der Waals surface area contributed by atoms with Gasteiger partial charge in [0, 0.05) is 0 Å². The Labute approximate surface area is 199 Å². The molecule has 0 unspecified atom stereocenters. The van der Waals surface area contributed by atoms with Crippen LogP contribution in [0.4, 0.5) is 5.69 Å². The van der Waals surface area contributed by atoms with Gasteiger partial charge in [-0.25, -0.2) is 9.79 Å². The van der Waals surface area contributed by atoms with Gasteiger partial charge in [0.1, 0.15) is 5.75 Å². The molecule has 0 radical (unpaired) electrons. The van der Waals surface area contributed by atoms with Gasteiger partial charge < -0.3 is 15.2 Å². The third-order valence-corrected chi connectivity index (χ3v) is 6.54. The number of aryl methyl sites for hydroxylation is 2. The van der Waals surface area contributed by atoms with E-state index in [-0.39, 0.29) is 5.91 Å². The van der Waals surface area contributed by atoms with Gasteiger partial charge in [0.15, 0.2) is 11.8 Å². The first kappa shape index (κ1) is 22.1. The molecule has 150 valence electrons. The van der Waals surface area contributed by atoms with E-state index in [0.717, 1.165) is 24.0 Å². The Morgan fingerprint density at radius 2 is 1.90 bits per heavy atom. The number of carbonyl (C=O) groups is 2. The SMILES string of the molecule is Cc1ccc(N=C2NC(=O)/C(=C/c3cc(I)c(OCC(=O)O)c(I)c3)S2)cc1C. The lowest BCUT2D eigenvalue weighted by molar-refractivity contribution is -0.139. The smallest absolute Gasteiger partial charge is 0.341 e. The Hall–Kier alpha value is -1.60. The summed E-state index contributed by atoms with van der Waals surface area (Å²) in [5.41, 5.74) is 3.96. The first-order valence-corrected chi connectivity index (χ1v) is 11.4. The molecule has 3 rings (SSSR count). The van der Waals surface area contributed by atoms with E-state index in [1.165, 1.54) is 17.3 Å². The number of halogens is 2. The number of nitrogens with one attached hydrogen (secondary N) is 1. The number of carboxylic acid groups (broad SMARTS) is 1. The van der Waals surface area contributed by atoms with Crippen molar-refractivity contribution >= 4 is 85.8 Å². The average Bonchev–Trinajstić information content (AvgIpc) is 2.96. The number of ether oxygens (including phenoxy) is 1. The third kappa shape index (κ3) is 5.72. The van der Waals surface area contributed by atoms with Gasteiger partial charge in [0.05, 0.1) is 17.7 Å². The largest absolute Gasteiger partial charge is 0.480 e. The number of aliphatic imine (C=N–C) groups is 1. The summed E-state index contributed by atoms with van der Waals surface area (Å²) >= 11 is 5.47. The minimum atomic E-state index is -1.03. The standard InChI is InChI=1S/C20H16I2N2O4S/c1-10-3-4-13(5-11(10)2)23-20-24-19(27)16(29-20)8-12-6-14(21)18(15(22)7-12)28-9-17(25)26/h3-8H,9H2,1-2H3,(H,25,26)(H,23,24,27)/b16-8-. The molecule has 6 nitrogen and oxygen atoms in total. The van der Waals surface area contributed by atoms with Crippen molar-refractivity contribution < 1.29 is 19.4 Å². The number of hydrogen-bond acceptors (Lipinski definition) is 5. The first-order chi connectivity index (χ1) is 13.7. The Morgan fingerprint density at radius 3 is 2.52 bits per heavy atom. The number of carbonyl (C=O) groups excluding carboxylic acids is 1. The van der Waals surface area contributed by atoms with Gasteiger partial charge in [-0.2, -0.15) is 0 Å². The van der Waals surface area contributed by atoms with E-state index in [2.05, 4.69) is 55.5 Å². The van der Waals surface area contributed by atoms with Crippen LogP contribution in [0.3, 0.4) is 0 Å². The van der Waals surface area contributed by atoms with E-state index >= 15 is 0 Å². The van der Waals surface area contributed by atoms with Crippen molar-refractivity contribution in [2.24, 2.45) is 4.99 Å². The maximum absolute atomic E-state index is 12.3. The minimum absolute atomic E-state index is 0.200. The van der Waals surface area contributed by atoms with Gasteiger partial charge in [0.2, 0.25) is 0 Å². The number of benzene rings is 2. The maximum atomic E-state index is 12.3. The van der Waals surface area contributed by atoms with E-state index in [0.29, 0.717) is 15.8 Å². The van der Waals surface area contributed by atoms with Crippen LogP contribution in [-0.4, -0.2) is 28.8 Å². The molecule has 1 saturated heterocycles. The molecule has 1 heterocycles. The van der Waals surface area contributed by atoms with Gasteiger partial charge >= 0.3 is 5.97 Å². The van der Waals surface area contributed by atoms with Crippen LogP contribution in [0.2, 0.25) is 0 Å². The summed E-state index contributed by atoms with van der Waals surface area (Å²) in [6.07, 6.45) is 1.79. The van der Waals surface area contributed by atoms with Crippen molar-refractivity contribution in [1.29, 1.82) is 0 Å². The highest BCUT2D eigenvalue weighted by Gasteiger charge is 2.24. The Morgan fingerprint density at radius 1 is 1.21 bits per heavy atom. The number of amides is 1. The van der Waals surface area contributed by atoms with E-state index in [4.69, 9.17) is 9.84 Å². The fraction of sp³-hybridized carbons (Fsp3) is 0.150. The van der Waals surface area contributed by atoms with Crippen LogP contribution in [0.1, 0.15) is 16.7 Å². The summed E-state index contributed by atoms with van der Waals surface area (Å²) in [6.45, 7) is 3.67. The van der Waals surface area contributed by atoms with Crippen LogP contribution in [0.15, 0.2) is 40.2 Å². The molecule has 0 atom stereocenters. The summed E-state index contributed by atoms with van der Waals surface area (Å²) in [7, 11) is 0. The zero-order valence-electron chi connectivity index (χ0n) is 15.5. The summed E-state index contributed by atoms with van der Waals surface area (Å²) in [4.78, 5) is 28.1. The summed E-state index contributed by atoms with van der Waals surface area (Å²) in [6, 6.07) is 9.60. The Kier molecular flexibility index (Phi) is 7.22. The highest BCUT2D eigenvalue weighted by atomic mass is 127. The zero-order chi connectivity index (χ0) is 21.1. The average molecular weight is 634 g/mol. The molecule has 0 spiro atoms. The van der Waals surface area contributed by atoms with Crippen molar-refractivity contribution in [2.45, 2.75) is 13.8 Å². The summed E-state index contributed by atoms with van der Waals surface area (Å²) in [5, 5.41) is 12.1. The molecule has 29 heavy (non-hydrogen) atoms. The van der Waals surface area contributed by atoms with Crippen molar-refractivity contribution in [1.82, 2.24) is 5.32 Å². The molecule has 9 heteroatoms. The van der Waals surface area contributed by atoms with Gasteiger partial charge in [-0.05, 0) is 118 Å². The molecule has 2 N–H and O–H groups in total. The Bertz CT molecular complexity index is 1040. The lowest BCUT2D eigenvalue weighted by Crippen LogP contribution is -2.19. The lowest BCUT2D eigenvalue weighted by atomic mass is 10.1. The van der Waals surface area contributed by atoms with E-state index < -0.39 is 12.6 Å². The van der Waals surface area contributed by atoms with E-state index in [1.54, 1.807) is 6.08 Å². The van der Waals surface area contributed by atoms with Crippen LogP contribution in [-0.2, 0) is 9.59 Å². The fourth-order valence-electron chi connectivity index (χ4n) is 2.48. The monoisotopic (exact) mass is 634 g/mol. The number of thioether (sulfide) groups is 1. The Balaban J connectivity index is 1.82. The summed E-state index contributed by atoms with van der Waals surface area (Å²) < 4.78 is 6.88. The number of hydrogen-bond donors (Lipinski definition) is 2. The molecule has 0 bridgehead atoms. The zero-order valence-corrected chi connectivity index (χ0v) is 20.6. The molecular formula is C20H16I2N2O4S. The van der Waals surface area contributed by atoms with Crippen molar-refractivity contribution in [2.75, 3.05) is 6.61 Å². The van der Waals surface area contributed by atoms with Gasteiger partial charge in [-0.1, -0.05) is 6.07 Å². The second-order valence-electron chi connectivity index (χ2n) is 6.25. The predicted molar refractivity (Wildman–Crippen MR) is 132 cm³/mol. The molecule has 0 aromatic heterocycles. The number of rotatable bonds is 5. The van der Waals surface area contributed by atoms with Crippen molar-refractivity contribution in [3.05, 3.63) is 59.1 Å². The number of nitrogens with zero attached hydrogens (tertiary/aromatic N) is 1. The second-order valence-corrected chi connectivity index (χ2v) is 9.60. The van der Waals surface area contributed by atoms with Gasteiger partial charge in [-0.15, -0.1) is 0 Å². The summed E-state index contributed by atoms with van der Waals surface area (Å²) in [5.74, 6) is -0.706. The predicted octanol–water partition coefficient (Wildman–Crippen LogP) is 4.87. The maximum Gasteiger partial charge on any atom is 0.341 e. The highest BCUT2D eigenvalue weighted by molar-refractivity contribution is 14.1. The van der Waals surface area contributed by atoms with Crippen molar-refractivity contribution in [3.8, 4) is 5.75 Å². The number of carboxylic acids is 1. The van der Waals surface area contributed by atoms with Crippen LogP contribution in [0.5, 0.6) is 5.75 Å². The molecule has 1 fully saturated rings. The topological polar surface area (TPSA) is 88.0 Å². The van der Waals surface area contributed by atoms with Crippen LogP contribution >= 0.6 is 56.9 Å². The van der Waals surface area contributed by atoms with Crippen molar-refractivity contribution in [3.63, 3.8) is 0 Å². The third-order valence-electron chi connectivity index (χ3n) is 4.03. The molecule has 2 aromatic rings. The number of amidine groups is 1. The lowest BCUT2D eigenvalue weighted by Gasteiger charge is -2.09. The van der Waals surface area contributed by atoms with Gasteiger partial charge in [0.25, 0.3) is 5.91 Å². The molecule has 0 aliphatic carbocycles. The first-order valence-electron chi connectivity index (χ1n) is 8.43. The normalized spacial score (nSPS) is 16.3. The molecule has 1 amide bonds. The van der Waals surface area contributed by atoms with Crippen LogP contribution < -0.4 is 10.1 Å². The quantitative estimate of drug-likeness (QED) is 0.363. The molecular weight excluding hydrogens is 618 g/mol. The second kappa shape index (κ2) is 9.47. The van der Waals surface area contributed by atoms with Crippen LogP contribution in [0.25, 0.3) is 6.08 Å². The van der Waals surface area contributed by atoms with E-state index in [1.807, 2.05) is 44.2 Å². The molecule has 1 aliphatic heterocycles.